The van der Waals surface area contributed by atoms with Crippen molar-refractivity contribution in [3.63, 3.8) is 0 Å². The van der Waals surface area contributed by atoms with Gasteiger partial charge < -0.3 is 25.8 Å². The number of ether oxygens (including phenoxy) is 1. The molecule has 1 aromatic carbocycles. The number of hydrogen-bond donors (Lipinski definition) is 3. The number of nitrogens with zero attached hydrogens (tertiary/aromatic N) is 2. The molecule has 2 atom stereocenters. The van der Waals surface area contributed by atoms with Crippen molar-refractivity contribution in [1.29, 1.82) is 0 Å². The lowest BCUT2D eigenvalue weighted by atomic mass is 9.95. The Labute approximate surface area is 171 Å². The molecular formula is C22H30N4O3. The maximum Gasteiger partial charge on any atom is 0.243 e. The van der Waals surface area contributed by atoms with Crippen LogP contribution in [0.15, 0.2) is 36.5 Å². The highest BCUT2D eigenvalue weighted by atomic mass is 16.5. The lowest BCUT2D eigenvalue weighted by molar-refractivity contribution is -0.124. The van der Waals surface area contributed by atoms with Crippen molar-refractivity contribution in [2.45, 2.75) is 45.5 Å². The Morgan fingerprint density at radius 2 is 2.14 bits per heavy atom. The first-order chi connectivity index (χ1) is 13.9. The van der Waals surface area contributed by atoms with Crippen LogP contribution in [0, 0.1) is 5.92 Å². The summed E-state index contributed by atoms with van der Waals surface area (Å²) in [7, 11) is 1.93. The number of aliphatic hydroxyl groups is 1. The molecule has 3 rings (SSSR count). The van der Waals surface area contributed by atoms with E-state index in [-0.39, 0.29) is 30.5 Å². The lowest BCUT2D eigenvalue weighted by Crippen LogP contribution is -2.54. The highest BCUT2D eigenvalue weighted by Gasteiger charge is 2.32. The summed E-state index contributed by atoms with van der Waals surface area (Å²) >= 11 is 0. The molecule has 7 heteroatoms. The van der Waals surface area contributed by atoms with E-state index in [1.54, 1.807) is 6.20 Å². The molecule has 0 spiro atoms. The average Bonchev–Trinajstić information content (AvgIpc) is 2.71. The Kier molecular flexibility index (Phi) is 6.71. The number of pyridine rings is 1. The number of fused-ring (bicyclic) bond motifs is 1. The van der Waals surface area contributed by atoms with Crippen LogP contribution in [0.5, 0.6) is 5.75 Å². The molecule has 0 radical (unpaired) electrons. The van der Waals surface area contributed by atoms with Gasteiger partial charge in [0.15, 0.2) is 0 Å². The van der Waals surface area contributed by atoms with Gasteiger partial charge in [-0.25, -0.2) is 0 Å². The number of nitrogens with two attached hydrogens (primary N) is 1. The Morgan fingerprint density at radius 1 is 1.34 bits per heavy atom. The van der Waals surface area contributed by atoms with Gasteiger partial charge in [-0.3, -0.25) is 9.78 Å². The maximum atomic E-state index is 12.7. The van der Waals surface area contributed by atoms with Gasteiger partial charge in [-0.05, 0) is 35.6 Å². The fraction of sp³-hybridized carbons (Fsp3) is 0.455. The third-order valence-corrected chi connectivity index (χ3v) is 5.30. The van der Waals surface area contributed by atoms with Crippen LogP contribution in [0.2, 0.25) is 0 Å². The number of likely N-dealkylation sites (N-methyl/N-ethyl adjacent to an activating group) is 1. The third-order valence-electron chi connectivity index (χ3n) is 5.30. The van der Waals surface area contributed by atoms with Crippen LogP contribution in [0.25, 0.3) is 0 Å². The van der Waals surface area contributed by atoms with E-state index in [0.29, 0.717) is 25.3 Å². The topological polar surface area (TPSA) is 101 Å². The van der Waals surface area contributed by atoms with E-state index in [1.807, 2.05) is 56.1 Å². The number of hydrogen-bond acceptors (Lipinski definition) is 6. The molecule has 0 unspecified atom stereocenters. The summed E-state index contributed by atoms with van der Waals surface area (Å²) in [5.74, 6) is 0.757. The van der Waals surface area contributed by atoms with E-state index in [2.05, 4.69) is 10.3 Å². The van der Waals surface area contributed by atoms with Crippen LogP contribution >= 0.6 is 0 Å². The zero-order chi connectivity index (χ0) is 21.0. The van der Waals surface area contributed by atoms with Gasteiger partial charge in [-0.2, -0.15) is 0 Å². The SMILES string of the molecule is CC(C)[C@@H]1C(=O)N[C@@H](CO)Cc2ccc(OCc3ccc(CN)cn3)cc2N1C. The summed E-state index contributed by atoms with van der Waals surface area (Å²) in [5.41, 5.74) is 9.42. The molecule has 156 valence electrons. The van der Waals surface area contributed by atoms with Crippen molar-refractivity contribution in [2.24, 2.45) is 11.7 Å². The van der Waals surface area contributed by atoms with Gasteiger partial charge in [0.2, 0.25) is 5.91 Å². The minimum Gasteiger partial charge on any atom is -0.487 e. The summed E-state index contributed by atoms with van der Waals surface area (Å²) in [6.07, 6.45) is 2.32. The zero-order valence-corrected chi connectivity index (χ0v) is 17.3. The minimum atomic E-state index is -0.330. The first-order valence-electron chi connectivity index (χ1n) is 9.96. The third kappa shape index (κ3) is 4.86. The first-order valence-corrected chi connectivity index (χ1v) is 9.96. The maximum absolute atomic E-state index is 12.7. The van der Waals surface area contributed by atoms with Crippen LogP contribution in [0.4, 0.5) is 5.69 Å². The largest absolute Gasteiger partial charge is 0.487 e. The quantitative estimate of drug-likeness (QED) is 0.684. The van der Waals surface area contributed by atoms with Gasteiger partial charge in [0.25, 0.3) is 0 Å². The summed E-state index contributed by atoms with van der Waals surface area (Å²) in [4.78, 5) is 19.1. The second kappa shape index (κ2) is 9.24. The van der Waals surface area contributed by atoms with E-state index in [9.17, 15) is 9.90 Å². The van der Waals surface area contributed by atoms with Crippen LogP contribution in [-0.4, -0.2) is 41.7 Å². The number of aliphatic hydroxyl groups excluding tert-OH is 1. The highest BCUT2D eigenvalue weighted by Crippen LogP contribution is 2.31. The molecule has 0 bridgehead atoms. The van der Waals surface area contributed by atoms with Crippen molar-refractivity contribution in [2.75, 3.05) is 18.6 Å². The number of benzene rings is 1. The lowest BCUT2D eigenvalue weighted by Gasteiger charge is -2.37. The Balaban J connectivity index is 1.85. The van der Waals surface area contributed by atoms with Crippen molar-refractivity contribution in [3.05, 3.63) is 53.3 Å². The number of amides is 1. The Bertz CT molecular complexity index is 838. The zero-order valence-electron chi connectivity index (χ0n) is 17.3. The molecule has 0 saturated heterocycles. The van der Waals surface area contributed by atoms with Crippen LogP contribution in [0.3, 0.4) is 0 Å². The van der Waals surface area contributed by atoms with Gasteiger partial charge in [0.1, 0.15) is 18.4 Å². The molecule has 0 saturated carbocycles. The summed E-state index contributed by atoms with van der Waals surface area (Å²) in [6.45, 7) is 4.76. The smallest absolute Gasteiger partial charge is 0.243 e. The molecule has 2 heterocycles. The number of rotatable bonds is 6. The van der Waals surface area contributed by atoms with Gasteiger partial charge in [0.05, 0.1) is 18.3 Å². The van der Waals surface area contributed by atoms with E-state index in [4.69, 9.17) is 10.5 Å². The molecular weight excluding hydrogens is 368 g/mol. The molecule has 4 N–H and O–H groups in total. The molecule has 29 heavy (non-hydrogen) atoms. The molecule has 0 fully saturated rings. The first kappa shape index (κ1) is 21.1. The number of carbonyl (C=O) groups is 1. The van der Waals surface area contributed by atoms with E-state index in [0.717, 1.165) is 22.5 Å². The molecule has 1 aliphatic rings. The Morgan fingerprint density at radius 3 is 2.76 bits per heavy atom. The molecule has 1 amide bonds. The van der Waals surface area contributed by atoms with Crippen molar-refractivity contribution < 1.29 is 14.6 Å². The number of aromatic nitrogens is 1. The standard InChI is InChI=1S/C22H30N4O3/c1-14(2)21-22(28)25-18(12-27)8-16-5-7-19(9-20(16)26(21)3)29-13-17-6-4-15(10-23)11-24-17/h4-7,9,11,14,18,21,27H,8,10,12-13,23H2,1-3H3,(H,25,28)/t18-,21-/m1/s1. The summed E-state index contributed by atoms with van der Waals surface area (Å²) in [6, 6.07) is 9.11. The van der Waals surface area contributed by atoms with Crippen LogP contribution < -0.4 is 20.7 Å². The molecule has 1 aromatic heterocycles. The van der Waals surface area contributed by atoms with E-state index < -0.39 is 0 Å². The van der Waals surface area contributed by atoms with Crippen LogP contribution in [0.1, 0.15) is 30.7 Å². The van der Waals surface area contributed by atoms with Crippen molar-refractivity contribution in [3.8, 4) is 5.75 Å². The van der Waals surface area contributed by atoms with E-state index >= 15 is 0 Å². The van der Waals surface area contributed by atoms with Gasteiger partial charge in [-0.15, -0.1) is 0 Å². The summed E-state index contributed by atoms with van der Waals surface area (Å²) in [5, 5.41) is 12.6. The monoisotopic (exact) mass is 398 g/mol. The number of nitrogens with one attached hydrogen (secondary N) is 1. The molecule has 1 aliphatic heterocycles. The van der Waals surface area contributed by atoms with Gasteiger partial charge in [-0.1, -0.05) is 26.0 Å². The summed E-state index contributed by atoms with van der Waals surface area (Å²) < 4.78 is 5.96. The highest BCUT2D eigenvalue weighted by molar-refractivity contribution is 5.86. The predicted octanol–water partition coefficient (Wildman–Crippen LogP) is 1.61. The van der Waals surface area contributed by atoms with Crippen molar-refractivity contribution >= 4 is 11.6 Å². The number of anilines is 1. The second-order valence-electron chi connectivity index (χ2n) is 7.83. The van der Waals surface area contributed by atoms with Crippen LogP contribution in [-0.2, 0) is 24.4 Å². The fourth-order valence-corrected chi connectivity index (χ4v) is 3.74. The molecule has 2 aromatic rings. The van der Waals surface area contributed by atoms with E-state index in [1.165, 1.54) is 0 Å². The van der Waals surface area contributed by atoms with Crippen molar-refractivity contribution in [1.82, 2.24) is 10.3 Å². The molecule has 0 aliphatic carbocycles. The number of carbonyl (C=O) groups excluding carboxylic acids is 1. The Hall–Kier alpha value is -2.64. The predicted molar refractivity (Wildman–Crippen MR) is 113 cm³/mol. The van der Waals surface area contributed by atoms with Gasteiger partial charge in [0, 0.05) is 31.5 Å². The van der Waals surface area contributed by atoms with Gasteiger partial charge >= 0.3 is 0 Å². The molecule has 7 nitrogen and oxygen atoms in total. The average molecular weight is 399 g/mol. The fourth-order valence-electron chi connectivity index (χ4n) is 3.74. The normalized spacial score (nSPS) is 19.4. The second-order valence-corrected chi connectivity index (χ2v) is 7.83. The minimum absolute atomic E-state index is 0.0669.